The predicted molar refractivity (Wildman–Crippen MR) is 111 cm³/mol. The van der Waals surface area contributed by atoms with Crippen LogP contribution >= 0.6 is 11.6 Å². The number of anilines is 2. The van der Waals surface area contributed by atoms with E-state index in [1.54, 1.807) is 12.1 Å². The molecule has 0 fully saturated rings. The quantitative estimate of drug-likeness (QED) is 0.635. The van der Waals surface area contributed by atoms with Crippen molar-refractivity contribution in [1.82, 2.24) is 9.97 Å². The molecule has 0 atom stereocenters. The van der Waals surface area contributed by atoms with Crippen molar-refractivity contribution in [2.75, 3.05) is 17.7 Å². The van der Waals surface area contributed by atoms with Gasteiger partial charge in [0.1, 0.15) is 5.75 Å². The highest BCUT2D eigenvalue weighted by atomic mass is 35.5. The molecule has 0 aliphatic heterocycles. The Bertz CT molecular complexity index is 990. The Morgan fingerprint density at radius 1 is 1.11 bits per heavy atom. The lowest BCUT2D eigenvalue weighted by Gasteiger charge is -2.12. The zero-order valence-electron chi connectivity index (χ0n) is 15.9. The lowest BCUT2D eigenvalue weighted by Crippen LogP contribution is -2.14. The molecule has 0 unspecified atom stereocenters. The molecule has 3 aromatic rings. The van der Waals surface area contributed by atoms with Crippen LogP contribution in [0.1, 0.15) is 27.0 Å². The SMILES string of the molecule is COc1cc(Cl)c(C)cc1NC(=O)c1cnc(NCc2ccccc2C)nc1. The second kappa shape index (κ2) is 8.71. The lowest BCUT2D eigenvalue weighted by molar-refractivity contribution is 0.102. The molecule has 1 amide bonds. The molecule has 7 heteroatoms. The number of carbonyl (C=O) groups excluding carboxylic acids is 1. The first-order chi connectivity index (χ1) is 13.5. The van der Waals surface area contributed by atoms with Crippen LogP contribution in [0.15, 0.2) is 48.8 Å². The van der Waals surface area contributed by atoms with Crippen LogP contribution in [0.3, 0.4) is 0 Å². The first-order valence-electron chi connectivity index (χ1n) is 8.74. The second-order valence-electron chi connectivity index (χ2n) is 6.33. The molecule has 0 aliphatic carbocycles. The monoisotopic (exact) mass is 396 g/mol. The van der Waals surface area contributed by atoms with Gasteiger partial charge < -0.3 is 15.4 Å². The van der Waals surface area contributed by atoms with E-state index in [4.69, 9.17) is 16.3 Å². The summed E-state index contributed by atoms with van der Waals surface area (Å²) in [6.45, 7) is 4.52. The third-order valence-electron chi connectivity index (χ3n) is 4.34. The van der Waals surface area contributed by atoms with E-state index >= 15 is 0 Å². The standard InChI is InChI=1S/C21H21ClN4O2/c1-13-6-4-5-7-15(13)10-23-21-24-11-16(12-25-21)20(27)26-18-8-14(2)17(22)9-19(18)28-3/h4-9,11-12H,10H2,1-3H3,(H,26,27)(H,23,24,25). The molecule has 6 nitrogen and oxygen atoms in total. The Morgan fingerprint density at radius 3 is 2.50 bits per heavy atom. The summed E-state index contributed by atoms with van der Waals surface area (Å²) in [5.74, 6) is 0.617. The smallest absolute Gasteiger partial charge is 0.258 e. The van der Waals surface area contributed by atoms with Crippen molar-refractivity contribution in [1.29, 1.82) is 0 Å². The van der Waals surface area contributed by atoms with Gasteiger partial charge in [-0.15, -0.1) is 0 Å². The first-order valence-corrected chi connectivity index (χ1v) is 9.11. The Labute approximate surface area is 168 Å². The van der Waals surface area contributed by atoms with Crippen LogP contribution in [-0.4, -0.2) is 23.0 Å². The largest absolute Gasteiger partial charge is 0.495 e. The van der Waals surface area contributed by atoms with Crippen LogP contribution in [-0.2, 0) is 6.54 Å². The number of methoxy groups -OCH3 is 1. The topological polar surface area (TPSA) is 76.1 Å². The highest BCUT2D eigenvalue weighted by Gasteiger charge is 2.13. The molecule has 2 N–H and O–H groups in total. The molecule has 0 bridgehead atoms. The van der Waals surface area contributed by atoms with E-state index in [2.05, 4.69) is 33.6 Å². The van der Waals surface area contributed by atoms with Crippen LogP contribution < -0.4 is 15.4 Å². The van der Waals surface area contributed by atoms with Crippen molar-refractivity contribution >= 4 is 29.1 Å². The maximum absolute atomic E-state index is 12.5. The number of nitrogens with zero attached hydrogens (tertiary/aromatic N) is 2. The van der Waals surface area contributed by atoms with Crippen LogP contribution in [0.25, 0.3) is 0 Å². The minimum absolute atomic E-state index is 0.328. The summed E-state index contributed by atoms with van der Waals surface area (Å²) in [6.07, 6.45) is 2.97. The Hall–Kier alpha value is -3.12. The molecule has 3 rings (SSSR count). The molecule has 28 heavy (non-hydrogen) atoms. The average molecular weight is 397 g/mol. The minimum Gasteiger partial charge on any atom is -0.495 e. The zero-order chi connectivity index (χ0) is 20.1. The summed E-state index contributed by atoms with van der Waals surface area (Å²) < 4.78 is 5.28. The molecular formula is C21H21ClN4O2. The lowest BCUT2D eigenvalue weighted by atomic mass is 10.1. The van der Waals surface area contributed by atoms with Gasteiger partial charge in [-0.1, -0.05) is 35.9 Å². The Morgan fingerprint density at radius 2 is 1.82 bits per heavy atom. The Balaban J connectivity index is 1.67. The highest BCUT2D eigenvalue weighted by Crippen LogP contribution is 2.31. The third kappa shape index (κ3) is 4.58. The number of hydrogen-bond acceptors (Lipinski definition) is 5. The molecule has 144 valence electrons. The van der Waals surface area contributed by atoms with Crippen molar-refractivity contribution in [3.8, 4) is 5.75 Å². The van der Waals surface area contributed by atoms with Gasteiger partial charge in [-0.2, -0.15) is 0 Å². The van der Waals surface area contributed by atoms with Gasteiger partial charge in [-0.3, -0.25) is 4.79 Å². The number of nitrogens with one attached hydrogen (secondary N) is 2. The van der Waals surface area contributed by atoms with Gasteiger partial charge >= 0.3 is 0 Å². The number of aryl methyl sites for hydroxylation is 2. The van der Waals surface area contributed by atoms with Crippen molar-refractivity contribution in [2.24, 2.45) is 0 Å². The van der Waals surface area contributed by atoms with Crippen molar-refractivity contribution < 1.29 is 9.53 Å². The van der Waals surface area contributed by atoms with Gasteiger partial charge in [0.25, 0.3) is 5.91 Å². The maximum Gasteiger partial charge on any atom is 0.258 e. The number of ether oxygens (including phenoxy) is 1. The number of hydrogen-bond donors (Lipinski definition) is 2. The van der Waals surface area contributed by atoms with Crippen molar-refractivity contribution in [3.05, 3.63) is 76.1 Å². The van der Waals surface area contributed by atoms with E-state index in [0.717, 1.165) is 11.1 Å². The van der Waals surface area contributed by atoms with Crippen LogP contribution in [0.4, 0.5) is 11.6 Å². The molecule has 0 radical (unpaired) electrons. The number of rotatable bonds is 6. The summed E-state index contributed by atoms with van der Waals surface area (Å²) in [6, 6.07) is 11.5. The van der Waals surface area contributed by atoms with Crippen LogP contribution in [0, 0.1) is 13.8 Å². The van der Waals surface area contributed by atoms with E-state index in [1.807, 2.05) is 25.1 Å². The van der Waals surface area contributed by atoms with Gasteiger partial charge in [-0.25, -0.2) is 9.97 Å². The molecule has 2 aromatic carbocycles. The van der Waals surface area contributed by atoms with Gasteiger partial charge in [0.15, 0.2) is 0 Å². The number of aromatic nitrogens is 2. The van der Waals surface area contributed by atoms with E-state index in [9.17, 15) is 4.79 Å². The van der Waals surface area contributed by atoms with Gasteiger partial charge in [0.2, 0.25) is 5.95 Å². The normalized spacial score (nSPS) is 10.4. The van der Waals surface area contributed by atoms with E-state index < -0.39 is 0 Å². The maximum atomic E-state index is 12.5. The van der Waals surface area contributed by atoms with Gasteiger partial charge in [0, 0.05) is 30.0 Å². The summed E-state index contributed by atoms with van der Waals surface area (Å²) in [4.78, 5) is 21.0. The van der Waals surface area contributed by atoms with Crippen LogP contribution in [0.5, 0.6) is 5.75 Å². The number of halogens is 1. The molecule has 1 heterocycles. The molecule has 0 aliphatic rings. The summed E-state index contributed by atoms with van der Waals surface area (Å²) in [5.41, 5.74) is 4.08. The van der Waals surface area contributed by atoms with Gasteiger partial charge in [0.05, 0.1) is 18.4 Å². The second-order valence-corrected chi connectivity index (χ2v) is 6.74. The van der Waals surface area contributed by atoms with Crippen LogP contribution in [0.2, 0.25) is 5.02 Å². The molecule has 0 spiro atoms. The fraction of sp³-hybridized carbons (Fsp3) is 0.190. The third-order valence-corrected chi connectivity index (χ3v) is 4.75. The minimum atomic E-state index is -0.328. The van der Waals surface area contributed by atoms with Crippen molar-refractivity contribution in [3.63, 3.8) is 0 Å². The number of carbonyl (C=O) groups is 1. The highest BCUT2D eigenvalue weighted by molar-refractivity contribution is 6.31. The molecule has 0 saturated heterocycles. The predicted octanol–water partition coefficient (Wildman–Crippen LogP) is 4.62. The summed E-state index contributed by atoms with van der Waals surface area (Å²) >= 11 is 6.10. The first kappa shape index (κ1) is 19.6. The van der Waals surface area contributed by atoms with E-state index in [-0.39, 0.29) is 5.91 Å². The molecular weight excluding hydrogens is 376 g/mol. The summed E-state index contributed by atoms with van der Waals surface area (Å²) in [7, 11) is 1.52. The molecule has 1 aromatic heterocycles. The van der Waals surface area contributed by atoms with E-state index in [1.165, 1.54) is 25.1 Å². The van der Waals surface area contributed by atoms with Crippen molar-refractivity contribution in [2.45, 2.75) is 20.4 Å². The number of amides is 1. The summed E-state index contributed by atoms with van der Waals surface area (Å²) in [5, 5.41) is 6.54. The average Bonchev–Trinajstić information content (AvgIpc) is 2.70. The van der Waals surface area contributed by atoms with Gasteiger partial charge in [-0.05, 0) is 36.6 Å². The Kier molecular flexibility index (Phi) is 6.11. The molecule has 0 saturated carbocycles. The number of benzene rings is 2. The van der Waals surface area contributed by atoms with E-state index in [0.29, 0.717) is 34.5 Å². The zero-order valence-corrected chi connectivity index (χ0v) is 16.7. The fourth-order valence-corrected chi connectivity index (χ4v) is 2.80. The fourth-order valence-electron chi connectivity index (χ4n) is 2.64.